The highest BCUT2D eigenvalue weighted by atomic mass is 16.2. The molecular weight excluding hydrogens is 306 g/mol. The maximum atomic E-state index is 12.7. The number of carbonyl (C=O) groups is 2. The van der Waals surface area contributed by atoms with Gasteiger partial charge in [-0.1, -0.05) is 18.2 Å². The van der Waals surface area contributed by atoms with Crippen molar-refractivity contribution in [1.82, 2.24) is 9.47 Å². The molecule has 6 heteroatoms. The number of nitrogens with one attached hydrogen (secondary N) is 1. The first-order chi connectivity index (χ1) is 11.6. The highest BCUT2D eigenvalue weighted by molar-refractivity contribution is 6.01. The fourth-order valence-electron chi connectivity index (χ4n) is 2.88. The third-order valence-corrected chi connectivity index (χ3v) is 4.21. The third-order valence-electron chi connectivity index (χ3n) is 4.21. The number of aryl methyl sites for hydroxylation is 1. The second-order valence-electron chi connectivity index (χ2n) is 5.88. The number of pyridine rings is 1. The van der Waals surface area contributed by atoms with Crippen LogP contribution in [0.25, 0.3) is 0 Å². The SMILES string of the molecule is Cn1ccc(C(=O)N2CCC[C@H]2C(=O)Nc2ccccc2)cc1=O. The van der Waals surface area contributed by atoms with Crippen molar-refractivity contribution in [3.05, 3.63) is 64.6 Å². The van der Waals surface area contributed by atoms with E-state index in [1.54, 1.807) is 36.3 Å². The molecule has 1 fully saturated rings. The van der Waals surface area contributed by atoms with Crippen LogP contribution in [0.2, 0.25) is 0 Å². The monoisotopic (exact) mass is 325 g/mol. The number of hydrogen-bond donors (Lipinski definition) is 1. The van der Waals surface area contributed by atoms with Crippen LogP contribution in [-0.4, -0.2) is 33.9 Å². The van der Waals surface area contributed by atoms with Gasteiger partial charge in [-0.05, 0) is 31.0 Å². The van der Waals surface area contributed by atoms with Gasteiger partial charge >= 0.3 is 0 Å². The van der Waals surface area contributed by atoms with Gasteiger partial charge in [-0.2, -0.15) is 0 Å². The smallest absolute Gasteiger partial charge is 0.254 e. The third kappa shape index (κ3) is 3.22. The number of hydrogen-bond acceptors (Lipinski definition) is 3. The van der Waals surface area contributed by atoms with Crippen molar-refractivity contribution in [3.63, 3.8) is 0 Å². The van der Waals surface area contributed by atoms with E-state index in [0.29, 0.717) is 24.2 Å². The zero-order valence-electron chi connectivity index (χ0n) is 13.4. The van der Waals surface area contributed by atoms with Crippen LogP contribution < -0.4 is 10.9 Å². The number of benzene rings is 1. The van der Waals surface area contributed by atoms with Crippen molar-refractivity contribution in [2.24, 2.45) is 7.05 Å². The molecule has 0 radical (unpaired) electrons. The van der Waals surface area contributed by atoms with Crippen molar-refractivity contribution in [2.75, 3.05) is 11.9 Å². The molecule has 1 aliphatic rings. The summed E-state index contributed by atoms with van der Waals surface area (Å²) in [5, 5.41) is 2.84. The standard InChI is InChI=1S/C18H19N3O3/c1-20-11-9-13(12-16(20)22)18(24)21-10-5-8-15(21)17(23)19-14-6-3-2-4-7-14/h2-4,6-7,9,11-12,15H,5,8,10H2,1H3,(H,19,23)/t15-/m0/s1. The van der Waals surface area contributed by atoms with E-state index in [2.05, 4.69) is 5.32 Å². The van der Waals surface area contributed by atoms with Gasteiger partial charge in [0.1, 0.15) is 6.04 Å². The quantitative estimate of drug-likeness (QED) is 0.932. The van der Waals surface area contributed by atoms with Gasteiger partial charge in [-0.25, -0.2) is 0 Å². The van der Waals surface area contributed by atoms with E-state index in [0.717, 1.165) is 6.42 Å². The lowest BCUT2D eigenvalue weighted by Gasteiger charge is -2.24. The van der Waals surface area contributed by atoms with Crippen molar-refractivity contribution < 1.29 is 9.59 Å². The minimum atomic E-state index is -0.512. The summed E-state index contributed by atoms with van der Waals surface area (Å²) in [5.41, 5.74) is 0.776. The number of para-hydroxylation sites is 1. The average Bonchev–Trinajstić information content (AvgIpc) is 3.07. The molecule has 1 aromatic carbocycles. The van der Waals surface area contributed by atoms with Crippen LogP contribution in [0, 0.1) is 0 Å². The fourth-order valence-corrected chi connectivity index (χ4v) is 2.88. The molecule has 1 saturated heterocycles. The summed E-state index contributed by atoms with van der Waals surface area (Å²) in [5.74, 6) is -0.478. The first-order valence-electron chi connectivity index (χ1n) is 7.90. The average molecular weight is 325 g/mol. The summed E-state index contributed by atoms with van der Waals surface area (Å²) in [7, 11) is 1.63. The van der Waals surface area contributed by atoms with Gasteiger partial charge in [0.05, 0.1) is 0 Å². The molecule has 1 aromatic heterocycles. The van der Waals surface area contributed by atoms with E-state index in [1.165, 1.54) is 10.6 Å². The topological polar surface area (TPSA) is 71.4 Å². The molecule has 0 saturated carbocycles. The van der Waals surface area contributed by atoms with E-state index < -0.39 is 6.04 Å². The predicted octanol–water partition coefficient (Wildman–Crippen LogP) is 1.63. The number of nitrogens with zero attached hydrogens (tertiary/aromatic N) is 2. The Morgan fingerprint density at radius 1 is 1.17 bits per heavy atom. The summed E-state index contributed by atoms with van der Waals surface area (Å²) < 4.78 is 1.40. The molecule has 3 rings (SSSR count). The molecule has 124 valence electrons. The number of anilines is 1. The maximum absolute atomic E-state index is 12.7. The van der Waals surface area contributed by atoms with Crippen LogP contribution in [0.15, 0.2) is 53.5 Å². The van der Waals surface area contributed by atoms with Crippen LogP contribution in [0.1, 0.15) is 23.2 Å². The Kier molecular flexibility index (Phi) is 4.46. The van der Waals surface area contributed by atoms with Crippen LogP contribution in [0.4, 0.5) is 5.69 Å². The number of likely N-dealkylation sites (tertiary alicyclic amines) is 1. The van der Waals surface area contributed by atoms with E-state index >= 15 is 0 Å². The molecule has 0 spiro atoms. The molecule has 0 bridgehead atoms. The molecule has 2 amide bonds. The van der Waals surface area contributed by atoms with Crippen LogP contribution in [0.5, 0.6) is 0 Å². The van der Waals surface area contributed by atoms with Gasteiger partial charge in [0.2, 0.25) is 5.91 Å². The van der Waals surface area contributed by atoms with Gasteiger partial charge in [0.15, 0.2) is 0 Å². The first-order valence-corrected chi connectivity index (χ1v) is 7.90. The lowest BCUT2D eigenvalue weighted by Crippen LogP contribution is -2.43. The highest BCUT2D eigenvalue weighted by Crippen LogP contribution is 2.21. The fraction of sp³-hybridized carbons (Fsp3) is 0.278. The molecule has 1 N–H and O–H groups in total. The van der Waals surface area contributed by atoms with Gasteiger partial charge in [-0.3, -0.25) is 14.4 Å². The van der Waals surface area contributed by atoms with Crippen LogP contribution in [-0.2, 0) is 11.8 Å². The van der Waals surface area contributed by atoms with Crippen molar-refractivity contribution in [2.45, 2.75) is 18.9 Å². The van der Waals surface area contributed by atoms with Crippen molar-refractivity contribution in [1.29, 1.82) is 0 Å². The van der Waals surface area contributed by atoms with E-state index in [-0.39, 0.29) is 17.4 Å². The number of aromatic nitrogens is 1. The highest BCUT2D eigenvalue weighted by Gasteiger charge is 2.34. The largest absolute Gasteiger partial charge is 0.327 e. The first kappa shape index (κ1) is 16.0. The Morgan fingerprint density at radius 2 is 1.92 bits per heavy atom. The number of amides is 2. The lowest BCUT2D eigenvalue weighted by atomic mass is 10.1. The van der Waals surface area contributed by atoms with Crippen LogP contribution >= 0.6 is 0 Å². The molecule has 2 heterocycles. The molecule has 0 unspecified atom stereocenters. The number of rotatable bonds is 3. The van der Waals surface area contributed by atoms with E-state index in [1.807, 2.05) is 18.2 Å². The Labute approximate surface area is 139 Å². The molecule has 2 aromatic rings. The Morgan fingerprint density at radius 3 is 2.62 bits per heavy atom. The second-order valence-corrected chi connectivity index (χ2v) is 5.88. The molecule has 0 aliphatic carbocycles. The zero-order chi connectivity index (χ0) is 17.1. The van der Waals surface area contributed by atoms with Gasteiger partial charge in [-0.15, -0.1) is 0 Å². The minimum Gasteiger partial charge on any atom is -0.327 e. The molecular formula is C18H19N3O3. The van der Waals surface area contributed by atoms with Crippen molar-refractivity contribution >= 4 is 17.5 Å². The van der Waals surface area contributed by atoms with E-state index in [9.17, 15) is 14.4 Å². The van der Waals surface area contributed by atoms with Crippen LogP contribution in [0.3, 0.4) is 0 Å². The second kappa shape index (κ2) is 6.70. The molecule has 1 atom stereocenters. The summed E-state index contributed by atoms with van der Waals surface area (Å²) >= 11 is 0. The molecule has 6 nitrogen and oxygen atoms in total. The summed E-state index contributed by atoms with van der Waals surface area (Å²) in [6.07, 6.45) is 2.95. The summed E-state index contributed by atoms with van der Waals surface area (Å²) in [6.45, 7) is 0.515. The van der Waals surface area contributed by atoms with Gasteiger partial charge < -0.3 is 14.8 Å². The van der Waals surface area contributed by atoms with E-state index in [4.69, 9.17) is 0 Å². The lowest BCUT2D eigenvalue weighted by molar-refractivity contribution is -0.119. The van der Waals surface area contributed by atoms with Gasteiger partial charge in [0, 0.05) is 37.1 Å². The molecule has 1 aliphatic heterocycles. The zero-order valence-corrected chi connectivity index (χ0v) is 13.4. The minimum absolute atomic E-state index is 0.198. The summed E-state index contributed by atoms with van der Waals surface area (Å²) in [4.78, 5) is 38.5. The Bertz CT molecular complexity index is 814. The Balaban J connectivity index is 1.77. The predicted molar refractivity (Wildman–Crippen MR) is 90.8 cm³/mol. The van der Waals surface area contributed by atoms with Crippen molar-refractivity contribution in [3.8, 4) is 0 Å². The maximum Gasteiger partial charge on any atom is 0.254 e. The molecule has 24 heavy (non-hydrogen) atoms. The normalized spacial score (nSPS) is 16.9. The Hall–Kier alpha value is -2.89. The number of carbonyl (C=O) groups excluding carboxylic acids is 2. The summed E-state index contributed by atoms with van der Waals surface area (Å²) in [6, 6.07) is 11.6. The van der Waals surface area contributed by atoms with Gasteiger partial charge in [0.25, 0.3) is 11.5 Å².